The van der Waals surface area contributed by atoms with Crippen molar-refractivity contribution in [3.05, 3.63) is 30.4 Å². The van der Waals surface area contributed by atoms with Gasteiger partial charge in [-0.3, -0.25) is 4.79 Å². The summed E-state index contributed by atoms with van der Waals surface area (Å²) < 4.78 is 7.86. The second kappa shape index (κ2) is 6.89. The van der Waals surface area contributed by atoms with E-state index in [1.165, 1.54) is 0 Å². The van der Waals surface area contributed by atoms with Crippen LogP contribution in [0.25, 0.3) is 0 Å². The Balaban J connectivity index is 2.02. The smallest absolute Gasteiger partial charge is 0.223 e. The first-order valence-electron chi connectivity index (χ1n) is 7.60. The van der Waals surface area contributed by atoms with Gasteiger partial charge in [0.25, 0.3) is 0 Å². The van der Waals surface area contributed by atoms with E-state index < -0.39 is 0 Å². The lowest BCUT2D eigenvalue weighted by Crippen LogP contribution is -2.40. The number of hydrogen-bond acceptors (Lipinski definition) is 3. The molecule has 0 bridgehead atoms. The maximum Gasteiger partial charge on any atom is 0.223 e. The number of rotatable bonds is 6. The second-order valence-corrected chi connectivity index (χ2v) is 5.83. The molecule has 3 atom stereocenters. The van der Waals surface area contributed by atoms with Crippen molar-refractivity contribution in [2.24, 2.45) is 5.92 Å². The zero-order valence-electron chi connectivity index (χ0n) is 13.1. The molecule has 1 aromatic rings. The Kier molecular flexibility index (Phi) is 5.17. The fourth-order valence-electron chi connectivity index (χ4n) is 2.78. The molecule has 1 aliphatic heterocycles. The van der Waals surface area contributed by atoms with Gasteiger partial charge in [-0.1, -0.05) is 12.5 Å². The van der Waals surface area contributed by atoms with Crippen molar-refractivity contribution in [3.8, 4) is 0 Å². The third-order valence-corrected chi connectivity index (χ3v) is 3.86. The van der Waals surface area contributed by atoms with Gasteiger partial charge in [0.05, 0.1) is 6.04 Å². The van der Waals surface area contributed by atoms with Crippen LogP contribution >= 0.6 is 0 Å². The molecule has 1 N–H and O–H groups in total. The van der Waals surface area contributed by atoms with E-state index >= 15 is 0 Å². The first kappa shape index (κ1) is 15.8. The highest BCUT2D eigenvalue weighted by Crippen LogP contribution is 2.28. The number of nitrogens with one attached hydrogen (secondary N) is 1. The summed E-state index contributed by atoms with van der Waals surface area (Å²) in [6, 6.07) is -0.00206. The zero-order valence-corrected chi connectivity index (χ0v) is 13.1. The van der Waals surface area contributed by atoms with Gasteiger partial charge >= 0.3 is 0 Å². The summed E-state index contributed by atoms with van der Waals surface area (Å²) in [5, 5.41) is 3.12. The predicted octanol–water partition coefficient (Wildman–Crippen LogP) is 2.45. The monoisotopic (exact) mass is 291 g/mol. The minimum Gasteiger partial charge on any atom is -0.368 e. The van der Waals surface area contributed by atoms with E-state index in [0.717, 1.165) is 24.4 Å². The van der Waals surface area contributed by atoms with E-state index in [9.17, 15) is 4.79 Å². The zero-order chi connectivity index (χ0) is 15.4. The van der Waals surface area contributed by atoms with Gasteiger partial charge in [0.2, 0.25) is 5.91 Å². The van der Waals surface area contributed by atoms with Gasteiger partial charge in [-0.25, -0.2) is 4.98 Å². The molecule has 0 saturated carbocycles. The number of imidazole rings is 1. The van der Waals surface area contributed by atoms with Crippen LogP contribution in [0, 0.1) is 5.92 Å². The Hall–Kier alpha value is -1.62. The van der Waals surface area contributed by atoms with Gasteiger partial charge in [0.15, 0.2) is 0 Å². The molecule has 1 aliphatic rings. The van der Waals surface area contributed by atoms with E-state index in [0.29, 0.717) is 13.0 Å². The van der Waals surface area contributed by atoms with Gasteiger partial charge < -0.3 is 14.6 Å². The van der Waals surface area contributed by atoms with E-state index in [1.54, 1.807) is 6.20 Å². The van der Waals surface area contributed by atoms with E-state index in [2.05, 4.69) is 28.4 Å². The summed E-state index contributed by atoms with van der Waals surface area (Å²) in [4.78, 5) is 16.7. The van der Waals surface area contributed by atoms with Gasteiger partial charge in [0.1, 0.15) is 11.9 Å². The molecule has 0 radical (unpaired) electrons. The molecule has 21 heavy (non-hydrogen) atoms. The van der Waals surface area contributed by atoms with Crippen LogP contribution in [-0.2, 0) is 16.1 Å². The van der Waals surface area contributed by atoms with Gasteiger partial charge in [-0.05, 0) is 26.7 Å². The Morgan fingerprint density at radius 2 is 2.43 bits per heavy atom. The Bertz CT molecular complexity index is 509. The highest BCUT2D eigenvalue weighted by atomic mass is 16.5. The molecule has 1 saturated heterocycles. The van der Waals surface area contributed by atoms with Crippen LogP contribution in [0.4, 0.5) is 0 Å². The van der Waals surface area contributed by atoms with Crippen LogP contribution in [0.1, 0.15) is 45.5 Å². The third-order valence-electron chi connectivity index (χ3n) is 3.86. The number of aryl methyl sites for hydroxylation is 1. The molecule has 0 spiro atoms. The Morgan fingerprint density at radius 1 is 1.67 bits per heavy atom. The number of carbonyl (C=O) groups is 1. The standard InChI is InChI=1S/C16H25N3O2/c1-5-19-8-7-17-15(19)14-13(6-9-21-14)18-16(20)12(4)10-11(2)3/h7-8,12-14H,2,5-6,9-10H2,1,3-4H3,(H,18,20)/t12?,13-,14-/m1/s1. The number of aromatic nitrogens is 2. The van der Waals surface area contributed by atoms with E-state index in [1.807, 2.05) is 20.0 Å². The molecule has 2 heterocycles. The summed E-state index contributed by atoms with van der Waals surface area (Å²) in [5.74, 6) is 0.899. The number of amides is 1. The molecule has 1 unspecified atom stereocenters. The highest BCUT2D eigenvalue weighted by molar-refractivity contribution is 5.79. The quantitative estimate of drug-likeness (QED) is 0.819. The maximum atomic E-state index is 12.3. The van der Waals surface area contributed by atoms with Crippen LogP contribution in [0.3, 0.4) is 0 Å². The summed E-state index contributed by atoms with van der Waals surface area (Å²) in [7, 11) is 0. The SMILES string of the molecule is C=C(C)CC(C)C(=O)N[C@@H]1CCO[C@H]1c1nccn1CC. The van der Waals surface area contributed by atoms with Crippen LogP contribution in [-0.4, -0.2) is 28.1 Å². The fourth-order valence-corrected chi connectivity index (χ4v) is 2.78. The van der Waals surface area contributed by atoms with Crippen LogP contribution < -0.4 is 5.32 Å². The van der Waals surface area contributed by atoms with Crippen molar-refractivity contribution in [1.29, 1.82) is 0 Å². The predicted molar refractivity (Wildman–Crippen MR) is 81.7 cm³/mol. The van der Waals surface area contributed by atoms with Crippen molar-refractivity contribution in [2.75, 3.05) is 6.61 Å². The van der Waals surface area contributed by atoms with E-state index in [4.69, 9.17) is 4.74 Å². The molecule has 116 valence electrons. The number of ether oxygens (including phenoxy) is 1. The van der Waals surface area contributed by atoms with Crippen LogP contribution in [0.2, 0.25) is 0 Å². The number of allylic oxidation sites excluding steroid dienone is 1. The Morgan fingerprint density at radius 3 is 3.10 bits per heavy atom. The minimum absolute atomic E-state index is 0.00206. The molecule has 5 heteroatoms. The normalized spacial score (nSPS) is 23.0. The largest absolute Gasteiger partial charge is 0.368 e. The molecule has 0 aromatic carbocycles. The average molecular weight is 291 g/mol. The molecular weight excluding hydrogens is 266 g/mol. The maximum absolute atomic E-state index is 12.3. The van der Waals surface area contributed by atoms with Crippen molar-refractivity contribution < 1.29 is 9.53 Å². The van der Waals surface area contributed by atoms with Gasteiger partial charge in [-0.2, -0.15) is 0 Å². The lowest BCUT2D eigenvalue weighted by Gasteiger charge is -2.22. The number of carbonyl (C=O) groups excluding carboxylic acids is 1. The van der Waals surface area contributed by atoms with Crippen molar-refractivity contribution in [1.82, 2.24) is 14.9 Å². The second-order valence-electron chi connectivity index (χ2n) is 5.83. The lowest BCUT2D eigenvalue weighted by atomic mass is 10.0. The summed E-state index contributed by atoms with van der Waals surface area (Å²) >= 11 is 0. The molecule has 2 rings (SSSR count). The van der Waals surface area contributed by atoms with Crippen molar-refractivity contribution in [3.63, 3.8) is 0 Å². The van der Waals surface area contributed by atoms with Crippen molar-refractivity contribution in [2.45, 2.75) is 52.3 Å². The highest BCUT2D eigenvalue weighted by Gasteiger charge is 2.34. The minimum atomic E-state index is -0.152. The molecule has 1 aromatic heterocycles. The van der Waals surface area contributed by atoms with Crippen molar-refractivity contribution >= 4 is 5.91 Å². The summed E-state index contributed by atoms with van der Waals surface area (Å²) in [6.45, 7) is 11.3. The summed E-state index contributed by atoms with van der Waals surface area (Å²) in [6.07, 6.45) is 5.12. The van der Waals surface area contributed by atoms with E-state index in [-0.39, 0.29) is 24.0 Å². The third kappa shape index (κ3) is 3.73. The average Bonchev–Trinajstić information content (AvgIpc) is 3.05. The molecule has 5 nitrogen and oxygen atoms in total. The number of nitrogens with zero attached hydrogens (tertiary/aromatic N) is 2. The Labute approximate surface area is 126 Å². The van der Waals surface area contributed by atoms with Gasteiger partial charge in [0, 0.05) is 31.5 Å². The lowest BCUT2D eigenvalue weighted by molar-refractivity contribution is -0.125. The van der Waals surface area contributed by atoms with Crippen LogP contribution in [0.5, 0.6) is 0 Å². The molecular formula is C16H25N3O2. The first-order chi connectivity index (χ1) is 10.0. The molecule has 1 amide bonds. The first-order valence-corrected chi connectivity index (χ1v) is 7.60. The topological polar surface area (TPSA) is 56.1 Å². The summed E-state index contributed by atoms with van der Waals surface area (Å²) in [5.41, 5.74) is 1.03. The van der Waals surface area contributed by atoms with Gasteiger partial charge in [-0.15, -0.1) is 6.58 Å². The fraction of sp³-hybridized carbons (Fsp3) is 0.625. The molecule has 0 aliphatic carbocycles. The number of hydrogen-bond donors (Lipinski definition) is 1. The van der Waals surface area contributed by atoms with Crippen LogP contribution in [0.15, 0.2) is 24.5 Å². The molecule has 1 fully saturated rings.